The predicted octanol–water partition coefficient (Wildman–Crippen LogP) is 2.76. The third-order valence-electron chi connectivity index (χ3n) is 4.28. The first-order valence-electron chi connectivity index (χ1n) is 7.94. The van der Waals surface area contributed by atoms with E-state index in [1.807, 2.05) is 0 Å². The van der Waals surface area contributed by atoms with E-state index in [1.165, 1.54) is 12.3 Å². The van der Waals surface area contributed by atoms with Gasteiger partial charge < -0.3 is 14.6 Å². The number of halogens is 1. The Morgan fingerprint density at radius 3 is 2.62 bits per heavy atom. The Morgan fingerprint density at radius 1 is 1.25 bits per heavy atom. The molecule has 0 atom stereocenters. The van der Waals surface area contributed by atoms with Crippen LogP contribution in [-0.2, 0) is 0 Å². The quantitative estimate of drug-likeness (QED) is 0.941. The van der Waals surface area contributed by atoms with Crippen molar-refractivity contribution in [3.05, 3.63) is 59.3 Å². The Morgan fingerprint density at radius 2 is 2.00 bits per heavy atom. The predicted molar refractivity (Wildman–Crippen MR) is 86.2 cm³/mol. The standard InChI is InChI=1S/C18H19FN2O3/c1-12-4-5-13(11-15(12)19)17(22)20-14-6-8-21(9-7-14)18(23)16-3-2-10-24-16/h2-5,10-11,14H,6-9H2,1H3,(H,20,22). The summed E-state index contributed by atoms with van der Waals surface area (Å²) in [5.74, 6) is -0.482. The molecule has 5 nitrogen and oxygen atoms in total. The lowest BCUT2D eigenvalue weighted by Gasteiger charge is -2.31. The van der Waals surface area contributed by atoms with E-state index >= 15 is 0 Å². The van der Waals surface area contributed by atoms with Crippen molar-refractivity contribution in [2.45, 2.75) is 25.8 Å². The summed E-state index contributed by atoms with van der Waals surface area (Å²) in [4.78, 5) is 26.1. The van der Waals surface area contributed by atoms with Crippen molar-refractivity contribution < 1.29 is 18.4 Å². The van der Waals surface area contributed by atoms with Gasteiger partial charge in [0.25, 0.3) is 11.8 Å². The highest BCUT2D eigenvalue weighted by atomic mass is 19.1. The largest absolute Gasteiger partial charge is 0.459 e. The van der Waals surface area contributed by atoms with Gasteiger partial charge in [-0.25, -0.2) is 4.39 Å². The first-order valence-corrected chi connectivity index (χ1v) is 7.94. The number of piperidine rings is 1. The Balaban J connectivity index is 1.54. The molecule has 1 aromatic carbocycles. The summed E-state index contributed by atoms with van der Waals surface area (Å²) >= 11 is 0. The first kappa shape index (κ1) is 16.2. The number of benzene rings is 1. The van der Waals surface area contributed by atoms with Crippen LogP contribution in [0.4, 0.5) is 4.39 Å². The maximum atomic E-state index is 13.6. The van der Waals surface area contributed by atoms with Crippen LogP contribution in [0.25, 0.3) is 0 Å². The number of likely N-dealkylation sites (tertiary alicyclic amines) is 1. The van der Waals surface area contributed by atoms with Crippen LogP contribution >= 0.6 is 0 Å². The number of furan rings is 1. The molecule has 0 bridgehead atoms. The van der Waals surface area contributed by atoms with Crippen LogP contribution in [0, 0.1) is 12.7 Å². The van der Waals surface area contributed by atoms with Crippen molar-refractivity contribution in [1.82, 2.24) is 10.2 Å². The molecule has 0 aliphatic carbocycles. The van der Waals surface area contributed by atoms with Crippen molar-refractivity contribution in [3.63, 3.8) is 0 Å². The lowest BCUT2D eigenvalue weighted by atomic mass is 10.0. The van der Waals surface area contributed by atoms with Gasteiger partial charge in [-0.05, 0) is 49.6 Å². The average Bonchev–Trinajstić information content (AvgIpc) is 3.12. The molecule has 126 valence electrons. The number of rotatable bonds is 3. The second kappa shape index (κ2) is 6.86. The van der Waals surface area contributed by atoms with Crippen LogP contribution in [0.3, 0.4) is 0 Å². The van der Waals surface area contributed by atoms with Crippen molar-refractivity contribution >= 4 is 11.8 Å². The zero-order valence-electron chi connectivity index (χ0n) is 13.4. The molecule has 1 fully saturated rings. The van der Waals surface area contributed by atoms with Crippen molar-refractivity contribution in [3.8, 4) is 0 Å². The van der Waals surface area contributed by atoms with E-state index in [4.69, 9.17) is 4.42 Å². The van der Waals surface area contributed by atoms with Crippen molar-refractivity contribution in [1.29, 1.82) is 0 Å². The first-order chi connectivity index (χ1) is 11.5. The molecule has 1 aromatic heterocycles. The summed E-state index contributed by atoms with van der Waals surface area (Å²) in [6.07, 6.45) is 2.79. The van der Waals surface area contributed by atoms with E-state index in [0.29, 0.717) is 42.8 Å². The number of amides is 2. The molecule has 1 saturated heterocycles. The Bertz CT molecular complexity index is 735. The number of hydrogen-bond donors (Lipinski definition) is 1. The topological polar surface area (TPSA) is 62.6 Å². The fraction of sp³-hybridized carbons (Fsp3) is 0.333. The number of aryl methyl sites for hydroxylation is 1. The number of nitrogens with one attached hydrogen (secondary N) is 1. The number of hydrogen-bond acceptors (Lipinski definition) is 3. The van der Waals surface area contributed by atoms with Gasteiger partial charge in [0.2, 0.25) is 0 Å². The highest BCUT2D eigenvalue weighted by Gasteiger charge is 2.26. The number of carbonyl (C=O) groups excluding carboxylic acids is 2. The molecular formula is C18H19FN2O3. The zero-order chi connectivity index (χ0) is 17.1. The fourth-order valence-corrected chi connectivity index (χ4v) is 2.79. The summed E-state index contributed by atoms with van der Waals surface area (Å²) < 4.78 is 18.7. The molecule has 0 saturated carbocycles. The number of nitrogens with zero attached hydrogens (tertiary/aromatic N) is 1. The Labute approximate surface area is 139 Å². The van der Waals surface area contributed by atoms with Gasteiger partial charge in [-0.2, -0.15) is 0 Å². The molecule has 0 spiro atoms. The Kier molecular flexibility index (Phi) is 4.64. The van der Waals surface area contributed by atoms with Crippen LogP contribution in [0.1, 0.15) is 39.3 Å². The molecule has 1 aliphatic rings. The maximum Gasteiger partial charge on any atom is 0.289 e. The van der Waals surface area contributed by atoms with Gasteiger partial charge in [-0.1, -0.05) is 6.07 Å². The van der Waals surface area contributed by atoms with E-state index < -0.39 is 0 Å². The van der Waals surface area contributed by atoms with Crippen molar-refractivity contribution in [2.75, 3.05) is 13.1 Å². The third-order valence-corrected chi connectivity index (χ3v) is 4.28. The SMILES string of the molecule is Cc1ccc(C(=O)NC2CCN(C(=O)c3ccco3)CC2)cc1F. The van der Waals surface area contributed by atoms with Gasteiger partial charge in [0.05, 0.1) is 6.26 Å². The van der Waals surface area contributed by atoms with E-state index in [9.17, 15) is 14.0 Å². The molecule has 2 heterocycles. The molecule has 0 radical (unpaired) electrons. The van der Waals surface area contributed by atoms with E-state index in [1.54, 1.807) is 36.1 Å². The Hall–Kier alpha value is -2.63. The molecule has 6 heteroatoms. The van der Waals surface area contributed by atoms with Gasteiger partial charge in [-0.15, -0.1) is 0 Å². The van der Waals surface area contributed by atoms with Crippen LogP contribution < -0.4 is 5.32 Å². The van der Waals surface area contributed by atoms with Gasteiger partial charge in [0.15, 0.2) is 5.76 Å². The van der Waals surface area contributed by atoms with E-state index in [-0.39, 0.29) is 23.7 Å². The second-order valence-electron chi connectivity index (χ2n) is 5.98. The second-order valence-corrected chi connectivity index (χ2v) is 5.98. The third kappa shape index (κ3) is 3.48. The van der Waals surface area contributed by atoms with E-state index in [2.05, 4.69) is 5.32 Å². The lowest BCUT2D eigenvalue weighted by molar-refractivity contribution is 0.0667. The smallest absolute Gasteiger partial charge is 0.289 e. The monoisotopic (exact) mass is 330 g/mol. The maximum absolute atomic E-state index is 13.6. The van der Waals surface area contributed by atoms with E-state index in [0.717, 1.165) is 0 Å². The molecule has 2 aromatic rings. The minimum atomic E-state index is -0.387. The fourth-order valence-electron chi connectivity index (χ4n) is 2.79. The van der Waals surface area contributed by atoms with Crippen LogP contribution in [-0.4, -0.2) is 35.8 Å². The van der Waals surface area contributed by atoms with Crippen molar-refractivity contribution in [2.24, 2.45) is 0 Å². The van der Waals surface area contributed by atoms with Crippen LogP contribution in [0.5, 0.6) is 0 Å². The van der Waals surface area contributed by atoms with Gasteiger partial charge >= 0.3 is 0 Å². The minimum Gasteiger partial charge on any atom is -0.459 e. The summed E-state index contributed by atoms with van der Waals surface area (Å²) in [5.41, 5.74) is 0.823. The molecular weight excluding hydrogens is 311 g/mol. The minimum absolute atomic E-state index is 0.0254. The molecule has 1 N–H and O–H groups in total. The van der Waals surface area contributed by atoms with Gasteiger partial charge in [-0.3, -0.25) is 9.59 Å². The van der Waals surface area contributed by atoms with Gasteiger partial charge in [0, 0.05) is 24.7 Å². The molecule has 24 heavy (non-hydrogen) atoms. The molecule has 1 aliphatic heterocycles. The highest BCUT2D eigenvalue weighted by Crippen LogP contribution is 2.15. The van der Waals surface area contributed by atoms with Gasteiger partial charge in [0.1, 0.15) is 5.82 Å². The highest BCUT2D eigenvalue weighted by molar-refractivity contribution is 5.94. The molecule has 3 rings (SSSR count). The molecule has 2 amide bonds. The average molecular weight is 330 g/mol. The van der Waals surface area contributed by atoms with Crippen LogP contribution in [0.15, 0.2) is 41.0 Å². The summed E-state index contributed by atoms with van der Waals surface area (Å²) in [6, 6.07) is 7.75. The lowest BCUT2D eigenvalue weighted by Crippen LogP contribution is -2.46. The molecule has 0 unspecified atom stereocenters. The number of carbonyl (C=O) groups is 2. The summed E-state index contributed by atoms with van der Waals surface area (Å²) in [5, 5.41) is 2.91. The normalized spacial score (nSPS) is 15.3. The summed E-state index contributed by atoms with van der Waals surface area (Å²) in [7, 11) is 0. The zero-order valence-corrected chi connectivity index (χ0v) is 13.4. The van der Waals surface area contributed by atoms with Crippen LogP contribution in [0.2, 0.25) is 0 Å². The summed E-state index contributed by atoms with van der Waals surface area (Å²) in [6.45, 7) is 2.75.